The number of rotatable bonds is 8. The van der Waals surface area contributed by atoms with Crippen molar-refractivity contribution in [3.63, 3.8) is 0 Å². The van der Waals surface area contributed by atoms with Crippen LogP contribution in [0.2, 0.25) is 0 Å². The maximum atomic E-state index is 12.5. The van der Waals surface area contributed by atoms with Crippen molar-refractivity contribution in [2.45, 2.75) is 49.8 Å². The lowest BCUT2D eigenvalue weighted by atomic mass is 9.95. The molecule has 8 heteroatoms. The topological polar surface area (TPSA) is 82.2 Å². The lowest BCUT2D eigenvalue weighted by molar-refractivity contribution is -0.118. The first-order valence-electron chi connectivity index (χ1n) is 10.3. The van der Waals surface area contributed by atoms with Gasteiger partial charge in [-0.1, -0.05) is 49.2 Å². The van der Waals surface area contributed by atoms with Crippen molar-refractivity contribution < 1.29 is 13.9 Å². The summed E-state index contributed by atoms with van der Waals surface area (Å²) in [5, 5.41) is 12.5. The molecule has 1 saturated carbocycles. The third-order valence-electron chi connectivity index (χ3n) is 5.35. The number of ether oxygens (including phenoxy) is 1. The van der Waals surface area contributed by atoms with Crippen LogP contribution in [0.3, 0.4) is 0 Å². The Morgan fingerprint density at radius 3 is 2.80 bits per heavy atom. The van der Waals surface area contributed by atoms with Gasteiger partial charge >= 0.3 is 0 Å². The van der Waals surface area contributed by atoms with Crippen molar-refractivity contribution in [3.8, 4) is 17.3 Å². The van der Waals surface area contributed by atoms with E-state index in [1.165, 1.54) is 31.0 Å². The Morgan fingerprint density at radius 1 is 1.20 bits per heavy atom. The number of nitrogens with one attached hydrogen (secondary N) is 1. The fourth-order valence-corrected chi connectivity index (χ4v) is 4.68. The van der Waals surface area contributed by atoms with Gasteiger partial charge in [0.2, 0.25) is 11.7 Å². The predicted octanol–water partition coefficient (Wildman–Crippen LogP) is 4.46. The van der Waals surface area contributed by atoms with E-state index in [9.17, 15) is 4.79 Å². The first kappa shape index (κ1) is 20.5. The van der Waals surface area contributed by atoms with Crippen LogP contribution in [0.5, 0.6) is 5.75 Å². The van der Waals surface area contributed by atoms with Crippen molar-refractivity contribution in [3.05, 3.63) is 48.2 Å². The molecule has 1 amide bonds. The number of nitrogens with zero attached hydrogens (tertiary/aromatic N) is 3. The largest absolute Gasteiger partial charge is 0.496 e. The quantitative estimate of drug-likeness (QED) is 0.536. The zero-order chi connectivity index (χ0) is 20.8. The smallest absolute Gasteiger partial charge is 0.230 e. The molecule has 4 rings (SSSR count). The highest BCUT2D eigenvalue weighted by Crippen LogP contribution is 2.35. The Bertz CT molecular complexity index is 965. The van der Waals surface area contributed by atoms with E-state index in [-0.39, 0.29) is 11.7 Å². The molecule has 0 radical (unpaired) electrons. The second-order valence-corrected chi connectivity index (χ2v) is 8.27. The fourth-order valence-electron chi connectivity index (χ4n) is 3.84. The van der Waals surface area contributed by atoms with E-state index in [1.54, 1.807) is 13.4 Å². The van der Waals surface area contributed by atoms with Crippen LogP contribution >= 0.6 is 11.8 Å². The number of carbonyl (C=O) groups is 1. The molecule has 1 N–H and O–H groups in total. The molecule has 3 aromatic rings. The molecule has 0 saturated heterocycles. The number of hydrogen-bond donors (Lipinski definition) is 1. The average Bonchev–Trinajstić information content (AvgIpc) is 3.46. The van der Waals surface area contributed by atoms with Gasteiger partial charge in [-0.25, -0.2) is 0 Å². The number of furan rings is 1. The van der Waals surface area contributed by atoms with E-state index in [4.69, 9.17) is 9.15 Å². The van der Waals surface area contributed by atoms with Crippen LogP contribution in [-0.4, -0.2) is 33.5 Å². The summed E-state index contributed by atoms with van der Waals surface area (Å²) in [4.78, 5) is 12.5. The van der Waals surface area contributed by atoms with Gasteiger partial charge in [0.15, 0.2) is 10.9 Å². The van der Waals surface area contributed by atoms with Gasteiger partial charge in [0.1, 0.15) is 5.75 Å². The first-order chi connectivity index (χ1) is 14.8. The zero-order valence-corrected chi connectivity index (χ0v) is 17.9. The summed E-state index contributed by atoms with van der Waals surface area (Å²) >= 11 is 1.42. The van der Waals surface area contributed by atoms with E-state index in [1.807, 2.05) is 36.4 Å². The van der Waals surface area contributed by atoms with Gasteiger partial charge < -0.3 is 14.5 Å². The highest BCUT2D eigenvalue weighted by Gasteiger charge is 2.25. The summed E-state index contributed by atoms with van der Waals surface area (Å²) in [6.45, 7) is 0.427. The molecule has 0 aliphatic heterocycles. The molecule has 2 heterocycles. The minimum atomic E-state index is -0.0522. The SMILES string of the molecule is COc1ccccc1CNC(=O)CSc1nnc(-c2ccco2)n1C1CCCCC1. The highest BCUT2D eigenvalue weighted by molar-refractivity contribution is 7.99. The zero-order valence-electron chi connectivity index (χ0n) is 17.0. The summed E-state index contributed by atoms with van der Waals surface area (Å²) < 4.78 is 13.1. The molecule has 0 spiro atoms. The summed E-state index contributed by atoms with van der Waals surface area (Å²) in [5.41, 5.74) is 0.948. The van der Waals surface area contributed by atoms with Crippen molar-refractivity contribution in [1.82, 2.24) is 20.1 Å². The Morgan fingerprint density at radius 2 is 2.03 bits per heavy atom. The Balaban J connectivity index is 1.43. The third-order valence-corrected chi connectivity index (χ3v) is 6.29. The van der Waals surface area contributed by atoms with Crippen LogP contribution in [0.25, 0.3) is 11.6 Å². The number of carbonyl (C=O) groups excluding carboxylic acids is 1. The number of amides is 1. The van der Waals surface area contributed by atoms with Gasteiger partial charge in [0.05, 0.1) is 19.1 Å². The number of hydrogen-bond acceptors (Lipinski definition) is 6. The van der Waals surface area contributed by atoms with E-state index in [0.29, 0.717) is 18.3 Å². The first-order valence-corrected chi connectivity index (χ1v) is 11.2. The Kier molecular flexibility index (Phi) is 6.74. The maximum Gasteiger partial charge on any atom is 0.230 e. The van der Waals surface area contributed by atoms with E-state index in [0.717, 1.165) is 35.1 Å². The normalized spacial score (nSPS) is 14.6. The van der Waals surface area contributed by atoms with Crippen LogP contribution in [0.4, 0.5) is 0 Å². The maximum absolute atomic E-state index is 12.5. The molecule has 1 aliphatic rings. The van der Waals surface area contributed by atoms with Crippen LogP contribution < -0.4 is 10.1 Å². The van der Waals surface area contributed by atoms with Gasteiger partial charge in [-0.3, -0.25) is 9.36 Å². The molecule has 0 bridgehead atoms. The minimum absolute atomic E-state index is 0.0522. The monoisotopic (exact) mass is 426 g/mol. The molecule has 1 fully saturated rings. The molecule has 1 aliphatic carbocycles. The van der Waals surface area contributed by atoms with Crippen molar-refractivity contribution in [2.24, 2.45) is 0 Å². The fraction of sp³-hybridized carbons (Fsp3) is 0.409. The molecular weight excluding hydrogens is 400 g/mol. The van der Waals surface area contributed by atoms with Gasteiger partial charge in [-0.2, -0.15) is 0 Å². The van der Waals surface area contributed by atoms with Gasteiger partial charge in [-0.05, 0) is 31.0 Å². The number of aromatic nitrogens is 3. The van der Waals surface area contributed by atoms with Crippen molar-refractivity contribution in [2.75, 3.05) is 12.9 Å². The van der Waals surface area contributed by atoms with E-state index in [2.05, 4.69) is 20.1 Å². The number of para-hydroxylation sites is 1. The molecule has 30 heavy (non-hydrogen) atoms. The molecular formula is C22H26N4O3S. The lowest BCUT2D eigenvalue weighted by Crippen LogP contribution is -2.25. The number of benzene rings is 1. The van der Waals surface area contributed by atoms with Gasteiger partial charge in [0.25, 0.3) is 0 Å². The summed E-state index contributed by atoms with van der Waals surface area (Å²) in [6, 6.07) is 11.8. The predicted molar refractivity (Wildman–Crippen MR) is 115 cm³/mol. The molecule has 0 atom stereocenters. The minimum Gasteiger partial charge on any atom is -0.496 e. The molecule has 0 unspecified atom stereocenters. The van der Waals surface area contributed by atoms with Gasteiger partial charge in [-0.15, -0.1) is 10.2 Å². The number of methoxy groups -OCH3 is 1. The lowest BCUT2D eigenvalue weighted by Gasteiger charge is -2.25. The molecule has 2 aromatic heterocycles. The molecule has 1 aromatic carbocycles. The summed E-state index contributed by atoms with van der Waals surface area (Å²) in [7, 11) is 1.63. The van der Waals surface area contributed by atoms with E-state index < -0.39 is 0 Å². The van der Waals surface area contributed by atoms with Crippen LogP contribution in [-0.2, 0) is 11.3 Å². The Hall–Kier alpha value is -2.74. The van der Waals surface area contributed by atoms with Crippen molar-refractivity contribution in [1.29, 1.82) is 0 Å². The van der Waals surface area contributed by atoms with Crippen LogP contribution in [0.15, 0.2) is 52.2 Å². The van der Waals surface area contributed by atoms with Crippen molar-refractivity contribution >= 4 is 17.7 Å². The second kappa shape index (κ2) is 9.84. The van der Waals surface area contributed by atoms with Gasteiger partial charge in [0, 0.05) is 18.2 Å². The average molecular weight is 427 g/mol. The standard InChI is InChI=1S/C22H26N4O3S/c1-28-18-11-6-5-8-16(18)14-23-20(27)15-30-22-25-24-21(19-12-7-13-29-19)26(22)17-9-3-2-4-10-17/h5-8,11-13,17H,2-4,9-10,14-15H2,1H3,(H,23,27). The summed E-state index contributed by atoms with van der Waals surface area (Å²) in [6.07, 6.45) is 7.50. The molecule has 158 valence electrons. The second-order valence-electron chi connectivity index (χ2n) is 7.32. The van der Waals surface area contributed by atoms with Crippen LogP contribution in [0, 0.1) is 0 Å². The van der Waals surface area contributed by atoms with E-state index >= 15 is 0 Å². The highest BCUT2D eigenvalue weighted by atomic mass is 32.2. The summed E-state index contributed by atoms with van der Waals surface area (Å²) in [5.74, 6) is 2.44. The third kappa shape index (κ3) is 4.70. The number of thioether (sulfide) groups is 1. The van der Waals surface area contributed by atoms with Crippen LogP contribution in [0.1, 0.15) is 43.7 Å². The Labute approximate surface area is 180 Å². The molecule has 7 nitrogen and oxygen atoms in total.